The Morgan fingerprint density at radius 3 is 2.11 bits per heavy atom. The summed E-state index contributed by atoms with van der Waals surface area (Å²) in [6.45, 7) is 3.50. The van der Waals surface area contributed by atoms with E-state index in [4.69, 9.17) is 0 Å². The fourth-order valence-electron chi connectivity index (χ4n) is 3.69. The molecule has 2 N–H and O–H groups in total. The Hall–Kier alpha value is -2.82. The summed E-state index contributed by atoms with van der Waals surface area (Å²) in [5, 5.41) is 5.92. The second kappa shape index (κ2) is 9.21. The van der Waals surface area contributed by atoms with Crippen LogP contribution in [0.25, 0.3) is 0 Å². The third-order valence-corrected chi connectivity index (χ3v) is 5.23. The molecule has 27 heavy (non-hydrogen) atoms. The van der Waals surface area contributed by atoms with Crippen molar-refractivity contribution < 1.29 is 9.59 Å². The summed E-state index contributed by atoms with van der Waals surface area (Å²) in [4.78, 5) is 26.8. The van der Waals surface area contributed by atoms with Crippen LogP contribution in [0.1, 0.15) is 26.2 Å². The van der Waals surface area contributed by atoms with E-state index in [-0.39, 0.29) is 11.9 Å². The van der Waals surface area contributed by atoms with Crippen molar-refractivity contribution in [2.45, 2.75) is 26.2 Å². The Labute approximate surface area is 160 Å². The van der Waals surface area contributed by atoms with Crippen LogP contribution in [0.15, 0.2) is 60.7 Å². The molecule has 1 fully saturated rings. The zero-order valence-electron chi connectivity index (χ0n) is 15.7. The molecule has 0 aliphatic carbocycles. The molecule has 3 rings (SSSR count). The molecule has 2 aromatic carbocycles. The summed E-state index contributed by atoms with van der Waals surface area (Å²) < 4.78 is 0. The van der Waals surface area contributed by atoms with E-state index in [2.05, 4.69) is 17.6 Å². The summed E-state index contributed by atoms with van der Waals surface area (Å²) in [7, 11) is 0. The summed E-state index contributed by atoms with van der Waals surface area (Å²) >= 11 is 0. The summed E-state index contributed by atoms with van der Waals surface area (Å²) in [6.07, 6.45) is 2.31. The third kappa shape index (κ3) is 5.33. The largest absolute Gasteiger partial charge is 0.326 e. The van der Waals surface area contributed by atoms with Crippen LogP contribution in [-0.4, -0.2) is 29.9 Å². The molecule has 5 nitrogen and oxygen atoms in total. The molecule has 142 valence electrons. The van der Waals surface area contributed by atoms with Crippen molar-refractivity contribution in [3.8, 4) is 0 Å². The standard InChI is InChI=1S/C22H27N3O2/c1-2-17-16-25(22(27)24-20-11-7-4-8-12-20)14-13-18(17)15-21(26)23-19-9-5-3-6-10-19/h3-12,17-18H,2,13-16H2,1H3,(H,23,26)(H,24,27)/t17-,18+/m1/s1. The molecule has 0 aromatic heterocycles. The lowest BCUT2D eigenvalue weighted by atomic mass is 9.81. The van der Waals surface area contributed by atoms with Crippen LogP contribution in [0, 0.1) is 11.8 Å². The number of para-hydroxylation sites is 2. The SMILES string of the molecule is CC[C@@H]1CN(C(=O)Nc2ccccc2)CC[C@H]1CC(=O)Nc1ccccc1. The van der Waals surface area contributed by atoms with Gasteiger partial charge in [0.1, 0.15) is 0 Å². The molecule has 2 aromatic rings. The Morgan fingerprint density at radius 1 is 0.926 bits per heavy atom. The second-order valence-corrected chi connectivity index (χ2v) is 7.08. The lowest BCUT2D eigenvalue weighted by molar-refractivity contribution is -0.117. The minimum Gasteiger partial charge on any atom is -0.326 e. The molecule has 0 spiro atoms. The van der Waals surface area contributed by atoms with Gasteiger partial charge in [-0.1, -0.05) is 49.7 Å². The van der Waals surface area contributed by atoms with Gasteiger partial charge in [0, 0.05) is 30.9 Å². The van der Waals surface area contributed by atoms with Crippen LogP contribution in [0.5, 0.6) is 0 Å². The number of nitrogens with one attached hydrogen (secondary N) is 2. The highest BCUT2D eigenvalue weighted by molar-refractivity contribution is 5.91. The quantitative estimate of drug-likeness (QED) is 0.814. The Morgan fingerprint density at radius 2 is 1.52 bits per heavy atom. The number of piperidine rings is 1. The van der Waals surface area contributed by atoms with Gasteiger partial charge in [0.2, 0.25) is 5.91 Å². The maximum atomic E-state index is 12.5. The van der Waals surface area contributed by atoms with Gasteiger partial charge in [0.25, 0.3) is 0 Å². The van der Waals surface area contributed by atoms with E-state index < -0.39 is 0 Å². The normalized spacial score (nSPS) is 19.4. The average Bonchev–Trinajstić information content (AvgIpc) is 2.69. The number of benzene rings is 2. The highest BCUT2D eigenvalue weighted by atomic mass is 16.2. The first-order valence-electron chi connectivity index (χ1n) is 9.61. The minimum absolute atomic E-state index is 0.0480. The zero-order valence-corrected chi connectivity index (χ0v) is 15.7. The van der Waals surface area contributed by atoms with Crippen molar-refractivity contribution >= 4 is 23.3 Å². The maximum Gasteiger partial charge on any atom is 0.321 e. The van der Waals surface area contributed by atoms with Crippen LogP contribution in [0.4, 0.5) is 16.2 Å². The molecule has 1 saturated heterocycles. The molecule has 0 radical (unpaired) electrons. The van der Waals surface area contributed by atoms with E-state index in [9.17, 15) is 9.59 Å². The van der Waals surface area contributed by atoms with Gasteiger partial charge in [-0.2, -0.15) is 0 Å². The predicted molar refractivity (Wildman–Crippen MR) is 109 cm³/mol. The van der Waals surface area contributed by atoms with E-state index in [0.29, 0.717) is 31.3 Å². The number of rotatable bonds is 5. The van der Waals surface area contributed by atoms with Crippen molar-refractivity contribution in [3.05, 3.63) is 60.7 Å². The van der Waals surface area contributed by atoms with E-state index in [1.165, 1.54) is 0 Å². The molecule has 1 aliphatic rings. The van der Waals surface area contributed by atoms with E-state index >= 15 is 0 Å². The molecule has 1 heterocycles. The van der Waals surface area contributed by atoms with E-state index in [1.807, 2.05) is 65.6 Å². The molecule has 2 atom stereocenters. The van der Waals surface area contributed by atoms with Gasteiger partial charge in [0.15, 0.2) is 0 Å². The Kier molecular flexibility index (Phi) is 6.47. The zero-order chi connectivity index (χ0) is 19.1. The summed E-state index contributed by atoms with van der Waals surface area (Å²) in [6, 6.07) is 19.0. The number of amides is 3. The Balaban J connectivity index is 1.53. The first-order valence-corrected chi connectivity index (χ1v) is 9.61. The fraction of sp³-hybridized carbons (Fsp3) is 0.364. The van der Waals surface area contributed by atoms with Crippen molar-refractivity contribution in [3.63, 3.8) is 0 Å². The van der Waals surface area contributed by atoms with Crippen molar-refractivity contribution in [2.75, 3.05) is 23.7 Å². The van der Waals surface area contributed by atoms with Crippen LogP contribution in [0.2, 0.25) is 0 Å². The monoisotopic (exact) mass is 365 g/mol. The van der Waals surface area contributed by atoms with Crippen LogP contribution in [-0.2, 0) is 4.79 Å². The van der Waals surface area contributed by atoms with Gasteiger partial charge in [-0.3, -0.25) is 4.79 Å². The molecule has 1 aliphatic heterocycles. The number of likely N-dealkylation sites (tertiary alicyclic amines) is 1. The highest BCUT2D eigenvalue weighted by Crippen LogP contribution is 2.29. The van der Waals surface area contributed by atoms with Crippen LogP contribution < -0.4 is 10.6 Å². The summed E-state index contributed by atoms with van der Waals surface area (Å²) in [5.41, 5.74) is 1.63. The van der Waals surface area contributed by atoms with Crippen molar-refractivity contribution in [1.82, 2.24) is 4.90 Å². The smallest absolute Gasteiger partial charge is 0.321 e. The molecular weight excluding hydrogens is 338 g/mol. The highest BCUT2D eigenvalue weighted by Gasteiger charge is 2.31. The van der Waals surface area contributed by atoms with Gasteiger partial charge in [-0.05, 0) is 42.5 Å². The average molecular weight is 365 g/mol. The fourth-order valence-corrected chi connectivity index (χ4v) is 3.69. The molecule has 0 bridgehead atoms. The number of anilines is 2. The lowest BCUT2D eigenvalue weighted by Gasteiger charge is -2.38. The van der Waals surface area contributed by atoms with E-state index in [1.54, 1.807) is 0 Å². The first kappa shape index (κ1) is 19.0. The number of hydrogen-bond acceptors (Lipinski definition) is 2. The van der Waals surface area contributed by atoms with Gasteiger partial charge >= 0.3 is 6.03 Å². The number of carbonyl (C=O) groups is 2. The maximum absolute atomic E-state index is 12.5. The molecule has 5 heteroatoms. The number of carbonyl (C=O) groups excluding carboxylic acids is 2. The molecule has 0 saturated carbocycles. The summed E-state index contributed by atoms with van der Waals surface area (Å²) in [5.74, 6) is 0.688. The lowest BCUT2D eigenvalue weighted by Crippen LogP contribution is -2.46. The number of nitrogens with zero attached hydrogens (tertiary/aromatic N) is 1. The topological polar surface area (TPSA) is 61.4 Å². The van der Waals surface area contributed by atoms with Crippen molar-refractivity contribution in [1.29, 1.82) is 0 Å². The minimum atomic E-state index is -0.0631. The van der Waals surface area contributed by atoms with Gasteiger partial charge in [-0.25, -0.2) is 4.79 Å². The third-order valence-electron chi connectivity index (χ3n) is 5.23. The molecular formula is C22H27N3O2. The van der Waals surface area contributed by atoms with Crippen LogP contribution in [0.3, 0.4) is 0 Å². The van der Waals surface area contributed by atoms with E-state index in [0.717, 1.165) is 24.2 Å². The van der Waals surface area contributed by atoms with Crippen molar-refractivity contribution in [2.24, 2.45) is 11.8 Å². The van der Waals surface area contributed by atoms with Gasteiger partial charge in [0.05, 0.1) is 0 Å². The number of hydrogen-bond donors (Lipinski definition) is 2. The second-order valence-electron chi connectivity index (χ2n) is 7.08. The molecule has 3 amide bonds. The first-order chi connectivity index (χ1) is 13.2. The Bertz CT molecular complexity index is 749. The van der Waals surface area contributed by atoms with Gasteiger partial charge < -0.3 is 15.5 Å². The number of urea groups is 1. The van der Waals surface area contributed by atoms with Crippen LogP contribution >= 0.6 is 0 Å². The predicted octanol–water partition coefficient (Wildman–Crippen LogP) is 4.60. The molecule has 0 unspecified atom stereocenters. The van der Waals surface area contributed by atoms with Gasteiger partial charge in [-0.15, -0.1) is 0 Å².